The van der Waals surface area contributed by atoms with Crippen molar-refractivity contribution in [3.05, 3.63) is 46.5 Å². The van der Waals surface area contributed by atoms with Gasteiger partial charge < -0.3 is 4.98 Å². The third-order valence-corrected chi connectivity index (χ3v) is 3.52. The monoisotopic (exact) mass is 296 g/mol. The number of hydrogen-bond acceptors (Lipinski definition) is 3. The second-order valence-corrected chi connectivity index (χ2v) is 5.28. The number of hydrogen-bond donors (Lipinski definition) is 1. The van der Waals surface area contributed by atoms with Crippen molar-refractivity contribution in [2.24, 2.45) is 0 Å². The summed E-state index contributed by atoms with van der Waals surface area (Å²) in [4.78, 5) is 19.1. The van der Waals surface area contributed by atoms with Gasteiger partial charge in [0.25, 0.3) is 11.3 Å². The van der Waals surface area contributed by atoms with E-state index in [1.807, 2.05) is 6.92 Å². The molecule has 0 aliphatic heterocycles. The van der Waals surface area contributed by atoms with Crippen LogP contribution in [0.5, 0.6) is 0 Å². The highest BCUT2D eigenvalue weighted by Gasteiger charge is 2.11. The number of alkyl halides is 2. The summed E-state index contributed by atoms with van der Waals surface area (Å²) in [5.74, 6) is -2.44. The summed E-state index contributed by atoms with van der Waals surface area (Å²) in [6.07, 6.45) is 2.83. The molecule has 0 saturated heterocycles. The normalized spacial score (nSPS) is 11.0. The number of aromatic amines is 1. The maximum atomic E-state index is 12.3. The van der Waals surface area contributed by atoms with Crippen LogP contribution in [0.4, 0.5) is 8.78 Å². The van der Waals surface area contributed by atoms with Crippen LogP contribution in [-0.2, 0) is 6.42 Å². The van der Waals surface area contributed by atoms with E-state index in [-0.39, 0.29) is 5.56 Å². The summed E-state index contributed by atoms with van der Waals surface area (Å²) in [5, 5.41) is 0. The van der Waals surface area contributed by atoms with Gasteiger partial charge in [-0.3, -0.25) is 4.79 Å². The summed E-state index contributed by atoms with van der Waals surface area (Å²) in [6, 6.07) is 6.66. The van der Waals surface area contributed by atoms with Crippen molar-refractivity contribution in [3.63, 3.8) is 0 Å². The van der Waals surface area contributed by atoms with Crippen LogP contribution in [0.2, 0.25) is 0 Å². The molecule has 1 heterocycles. The number of halogens is 2. The number of aromatic nitrogens is 2. The molecule has 1 aromatic heterocycles. The molecule has 0 bridgehead atoms. The number of nitrogens with one attached hydrogen (secondary N) is 1. The van der Waals surface area contributed by atoms with Gasteiger partial charge in [-0.1, -0.05) is 37.2 Å². The van der Waals surface area contributed by atoms with Crippen molar-refractivity contribution < 1.29 is 8.78 Å². The smallest absolute Gasteiger partial charge is 0.288 e. The number of H-pyrrole nitrogens is 1. The van der Waals surface area contributed by atoms with Crippen LogP contribution in [0.1, 0.15) is 18.9 Å². The zero-order chi connectivity index (χ0) is 14.5. The number of rotatable bonds is 5. The van der Waals surface area contributed by atoms with Gasteiger partial charge in [0.2, 0.25) is 0 Å². The first-order chi connectivity index (χ1) is 9.61. The number of thioether (sulfide) groups is 1. The lowest BCUT2D eigenvalue weighted by molar-refractivity contribution is 0.252. The van der Waals surface area contributed by atoms with E-state index in [9.17, 15) is 13.6 Å². The molecule has 0 unspecified atom stereocenters. The lowest BCUT2D eigenvalue weighted by Gasteiger charge is -2.07. The highest BCUT2D eigenvalue weighted by Crippen LogP contribution is 2.28. The quantitative estimate of drug-likeness (QED) is 0.856. The predicted octanol–water partition coefficient (Wildman–Crippen LogP) is 3.70. The van der Waals surface area contributed by atoms with E-state index in [1.165, 1.54) is 6.33 Å². The highest BCUT2D eigenvalue weighted by atomic mass is 32.2. The molecule has 0 radical (unpaired) electrons. The van der Waals surface area contributed by atoms with E-state index in [4.69, 9.17) is 0 Å². The zero-order valence-corrected chi connectivity index (χ0v) is 11.7. The number of benzene rings is 1. The Morgan fingerprint density at radius 3 is 2.60 bits per heavy atom. The summed E-state index contributed by atoms with van der Waals surface area (Å²) in [5.41, 5.74) is 1.86. The Bertz CT molecular complexity index is 626. The fourth-order valence-corrected chi connectivity index (χ4v) is 2.45. The van der Waals surface area contributed by atoms with E-state index in [0.717, 1.165) is 12.0 Å². The predicted molar refractivity (Wildman–Crippen MR) is 76.1 cm³/mol. The topological polar surface area (TPSA) is 45.8 Å². The lowest BCUT2D eigenvalue weighted by Crippen LogP contribution is -2.14. The minimum atomic E-state index is -2.44. The van der Waals surface area contributed by atoms with E-state index in [1.54, 1.807) is 24.3 Å². The van der Waals surface area contributed by atoms with Crippen LogP contribution < -0.4 is 5.56 Å². The van der Waals surface area contributed by atoms with Crippen molar-refractivity contribution in [2.75, 3.05) is 0 Å². The minimum Gasteiger partial charge on any atom is -0.313 e. The molecule has 3 nitrogen and oxygen atoms in total. The standard InChI is InChI=1S/C14H14F2N2OS/c1-2-3-11-12(17-8-18-13(11)19)9-4-6-10(7-5-9)20-14(15)16/h4-8,14H,2-3H2,1H3,(H,17,18,19). The molecule has 0 aliphatic carbocycles. The Hall–Kier alpha value is -1.69. The largest absolute Gasteiger partial charge is 0.313 e. The Labute approximate surface area is 119 Å². The molecule has 1 aromatic carbocycles. The van der Waals surface area contributed by atoms with Gasteiger partial charge in [0.15, 0.2) is 0 Å². The molecule has 106 valence electrons. The summed E-state index contributed by atoms with van der Waals surface area (Å²) >= 11 is 0.498. The van der Waals surface area contributed by atoms with Crippen LogP contribution in [-0.4, -0.2) is 15.7 Å². The first-order valence-corrected chi connectivity index (χ1v) is 7.11. The Morgan fingerprint density at radius 1 is 1.30 bits per heavy atom. The van der Waals surface area contributed by atoms with Gasteiger partial charge in [-0.05, 0) is 18.6 Å². The molecule has 0 saturated carbocycles. The molecular weight excluding hydrogens is 282 g/mol. The van der Waals surface area contributed by atoms with E-state index in [2.05, 4.69) is 9.97 Å². The van der Waals surface area contributed by atoms with E-state index in [0.29, 0.717) is 34.3 Å². The zero-order valence-electron chi connectivity index (χ0n) is 10.9. The molecule has 2 rings (SSSR count). The second kappa shape index (κ2) is 6.65. The molecular formula is C14H14F2N2OS. The lowest BCUT2D eigenvalue weighted by atomic mass is 10.0. The Morgan fingerprint density at radius 2 is 2.00 bits per heavy atom. The molecule has 0 fully saturated rings. The third-order valence-electron chi connectivity index (χ3n) is 2.80. The van der Waals surface area contributed by atoms with Crippen LogP contribution >= 0.6 is 11.8 Å². The van der Waals surface area contributed by atoms with Crippen LogP contribution in [0.15, 0.2) is 40.3 Å². The van der Waals surface area contributed by atoms with Crippen molar-refractivity contribution >= 4 is 11.8 Å². The average molecular weight is 296 g/mol. The van der Waals surface area contributed by atoms with Crippen molar-refractivity contribution in [2.45, 2.75) is 30.4 Å². The Balaban J connectivity index is 2.36. The molecule has 0 aliphatic rings. The maximum Gasteiger partial charge on any atom is 0.288 e. The van der Waals surface area contributed by atoms with Crippen LogP contribution in [0, 0.1) is 0 Å². The van der Waals surface area contributed by atoms with E-state index < -0.39 is 5.76 Å². The first kappa shape index (κ1) is 14.7. The van der Waals surface area contributed by atoms with Crippen LogP contribution in [0.3, 0.4) is 0 Å². The summed E-state index contributed by atoms with van der Waals surface area (Å²) in [6.45, 7) is 1.98. The highest BCUT2D eigenvalue weighted by molar-refractivity contribution is 7.99. The SMILES string of the molecule is CCCc1c(-c2ccc(SC(F)F)cc2)nc[nH]c1=O. The van der Waals surface area contributed by atoms with Gasteiger partial charge in [0.1, 0.15) is 0 Å². The van der Waals surface area contributed by atoms with Gasteiger partial charge in [-0.2, -0.15) is 8.78 Å². The maximum absolute atomic E-state index is 12.3. The molecule has 1 N–H and O–H groups in total. The van der Waals surface area contributed by atoms with Gasteiger partial charge in [0, 0.05) is 16.0 Å². The van der Waals surface area contributed by atoms with Crippen LogP contribution in [0.25, 0.3) is 11.3 Å². The van der Waals surface area contributed by atoms with Gasteiger partial charge in [0.05, 0.1) is 12.0 Å². The van der Waals surface area contributed by atoms with E-state index >= 15 is 0 Å². The molecule has 2 aromatic rings. The minimum absolute atomic E-state index is 0.150. The van der Waals surface area contributed by atoms with Gasteiger partial charge in [-0.25, -0.2) is 4.98 Å². The fraction of sp³-hybridized carbons (Fsp3) is 0.286. The second-order valence-electron chi connectivity index (χ2n) is 4.21. The molecule has 20 heavy (non-hydrogen) atoms. The van der Waals surface area contributed by atoms with Crippen molar-refractivity contribution in [1.29, 1.82) is 0 Å². The molecule has 0 spiro atoms. The van der Waals surface area contributed by atoms with Crippen molar-refractivity contribution in [3.8, 4) is 11.3 Å². The average Bonchev–Trinajstić information content (AvgIpc) is 2.42. The summed E-state index contributed by atoms with van der Waals surface area (Å²) in [7, 11) is 0. The fourth-order valence-electron chi connectivity index (χ4n) is 1.95. The number of nitrogens with zero attached hydrogens (tertiary/aromatic N) is 1. The molecule has 0 atom stereocenters. The third kappa shape index (κ3) is 3.45. The molecule has 0 amide bonds. The Kier molecular flexibility index (Phi) is 4.89. The van der Waals surface area contributed by atoms with Crippen molar-refractivity contribution in [1.82, 2.24) is 9.97 Å². The van der Waals surface area contributed by atoms with Gasteiger partial charge >= 0.3 is 0 Å². The van der Waals surface area contributed by atoms with Gasteiger partial charge in [-0.15, -0.1) is 0 Å². The summed E-state index contributed by atoms with van der Waals surface area (Å²) < 4.78 is 24.5. The molecule has 6 heteroatoms. The first-order valence-electron chi connectivity index (χ1n) is 6.23.